The Bertz CT molecular complexity index is 227. The molecule has 2 atom stereocenters. The van der Waals surface area contributed by atoms with E-state index in [2.05, 4.69) is 39.0 Å². The van der Waals surface area contributed by atoms with Gasteiger partial charge in [0, 0.05) is 11.5 Å². The molecule has 0 aromatic heterocycles. The Morgan fingerprint density at radius 3 is 2.77 bits per heavy atom. The molecule has 1 rings (SSSR count). The van der Waals surface area contributed by atoms with Crippen molar-refractivity contribution in [1.29, 1.82) is 0 Å². The van der Waals surface area contributed by atoms with Crippen LogP contribution in [0.4, 0.5) is 0 Å². The summed E-state index contributed by atoms with van der Waals surface area (Å²) in [4.78, 5) is 0. The molecule has 2 unspecified atom stereocenters. The van der Waals surface area contributed by atoms with E-state index in [9.17, 15) is 0 Å². The van der Waals surface area contributed by atoms with Crippen molar-refractivity contribution in [2.24, 2.45) is 11.7 Å². The van der Waals surface area contributed by atoms with Gasteiger partial charge in [-0.15, -0.1) is 0 Å². The first-order chi connectivity index (χ1) is 6.14. The molecule has 1 nitrogen and oxygen atoms in total. The van der Waals surface area contributed by atoms with E-state index in [4.69, 9.17) is 5.73 Å². The summed E-state index contributed by atoms with van der Waals surface area (Å²) in [5.74, 6) is 0.587. The minimum Gasteiger partial charge on any atom is -0.321 e. The third-order valence-electron chi connectivity index (χ3n) is 2.99. The number of nitrogens with two attached hydrogens (primary N) is 1. The van der Waals surface area contributed by atoms with Gasteiger partial charge >= 0.3 is 0 Å². The van der Waals surface area contributed by atoms with Crippen molar-refractivity contribution in [3.05, 3.63) is 23.8 Å². The summed E-state index contributed by atoms with van der Waals surface area (Å²) >= 11 is 0. The molecule has 0 heterocycles. The highest BCUT2D eigenvalue weighted by molar-refractivity contribution is 5.32. The molecule has 0 fully saturated rings. The second-order valence-corrected chi connectivity index (χ2v) is 4.11. The maximum absolute atomic E-state index is 6.28. The van der Waals surface area contributed by atoms with Crippen LogP contribution < -0.4 is 5.73 Å². The van der Waals surface area contributed by atoms with Gasteiger partial charge in [0.25, 0.3) is 0 Å². The molecule has 74 valence electrons. The zero-order valence-electron chi connectivity index (χ0n) is 9.01. The number of rotatable bonds is 4. The highest BCUT2D eigenvalue weighted by atomic mass is 14.8. The molecule has 0 aromatic rings. The fourth-order valence-electron chi connectivity index (χ4n) is 2.31. The Hall–Kier alpha value is -0.560. The van der Waals surface area contributed by atoms with E-state index in [0.29, 0.717) is 5.92 Å². The van der Waals surface area contributed by atoms with E-state index in [1.54, 1.807) is 0 Å². The fraction of sp³-hybridized carbons (Fsp3) is 0.667. The van der Waals surface area contributed by atoms with E-state index in [1.807, 2.05) is 0 Å². The van der Waals surface area contributed by atoms with Gasteiger partial charge in [-0.2, -0.15) is 0 Å². The largest absolute Gasteiger partial charge is 0.321 e. The molecule has 0 spiro atoms. The van der Waals surface area contributed by atoms with Crippen molar-refractivity contribution < 1.29 is 0 Å². The van der Waals surface area contributed by atoms with Crippen LogP contribution in [0.1, 0.15) is 40.0 Å². The van der Waals surface area contributed by atoms with Crippen molar-refractivity contribution in [3.8, 4) is 0 Å². The fourth-order valence-corrected chi connectivity index (χ4v) is 2.31. The average molecular weight is 179 g/mol. The summed E-state index contributed by atoms with van der Waals surface area (Å²) in [5.41, 5.74) is 7.74. The molecule has 0 saturated heterocycles. The van der Waals surface area contributed by atoms with Gasteiger partial charge in [-0.3, -0.25) is 0 Å². The lowest BCUT2D eigenvalue weighted by Gasteiger charge is -2.44. The summed E-state index contributed by atoms with van der Waals surface area (Å²) in [7, 11) is 0. The minimum atomic E-state index is -0.00164. The third-order valence-corrected chi connectivity index (χ3v) is 2.99. The first-order valence-electron chi connectivity index (χ1n) is 5.23. The van der Waals surface area contributed by atoms with Gasteiger partial charge in [0.2, 0.25) is 0 Å². The van der Waals surface area contributed by atoms with Crippen LogP contribution in [0.5, 0.6) is 0 Å². The van der Waals surface area contributed by atoms with Crippen LogP contribution in [0.3, 0.4) is 0 Å². The van der Waals surface area contributed by atoms with Crippen LogP contribution in [0.15, 0.2) is 23.8 Å². The zero-order chi connectivity index (χ0) is 9.90. The quantitative estimate of drug-likeness (QED) is 0.660. The molecule has 1 aliphatic rings. The Morgan fingerprint density at radius 2 is 2.31 bits per heavy atom. The molecule has 1 aliphatic carbocycles. The van der Waals surface area contributed by atoms with Gasteiger partial charge in [0.1, 0.15) is 0 Å². The van der Waals surface area contributed by atoms with Crippen molar-refractivity contribution in [2.45, 2.75) is 45.6 Å². The molecular weight excluding hydrogens is 158 g/mol. The van der Waals surface area contributed by atoms with Crippen LogP contribution >= 0.6 is 0 Å². The third kappa shape index (κ3) is 2.02. The monoisotopic (exact) mass is 179 g/mol. The standard InChI is InChI=1S/C12H21N/c1-4-6-7-11-10(3)9-12(11,13)8-5-2/h4,6,9,11H,5,7-8,13H2,1-3H3/b6-4+. The Morgan fingerprint density at radius 1 is 1.62 bits per heavy atom. The van der Waals surface area contributed by atoms with Crippen LogP contribution in [0.25, 0.3) is 0 Å². The first kappa shape index (κ1) is 10.5. The summed E-state index contributed by atoms with van der Waals surface area (Å²) in [6.07, 6.45) is 9.97. The maximum Gasteiger partial charge on any atom is 0.0410 e. The van der Waals surface area contributed by atoms with Crippen molar-refractivity contribution in [1.82, 2.24) is 0 Å². The van der Waals surface area contributed by atoms with E-state index in [-0.39, 0.29) is 5.54 Å². The van der Waals surface area contributed by atoms with Gasteiger partial charge in [-0.25, -0.2) is 0 Å². The first-order valence-corrected chi connectivity index (χ1v) is 5.23. The summed E-state index contributed by atoms with van der Waals surface area (Å²) < 4.78 is 0. The van der Waals surface area contributed by atoms with Crippen LogP contribution in [0.2, 0.25) is 0 Å². The summed E-state index contributed by atoms with van der Waals surface area (Å²) in [5, 5.41) is 0. The molecular formula is C12H21N. The van der Waals surface area contributed by atoms with Crippen molar-refractivity contribution in [3.63, 3.8) is 0 Å². The lowest BCUT2D eigenvalue weighted by molar-refractivity contribution is 0.305. The van der Waals surface area contributed by atoms with Gasteiger partial charge in [-0.05, 0) is 26.7 Å². The Balaban J connectivity index is 2.59. The van der Waals surface area contributed by atoms with Gasteiger partial charge in [0.05, 0.1) is 0 Å². The lowest BCUT2D eigenvalue weighted by Crippen LogP contribution is -2.52. The molecule has 0 bridgehead atoms. The molecule has 13 heavy (non-hydrogen) atoms. The van der Waals surface area contributed by atoms with Crippen molar-refractivity contribution in [2.75, 3.05) is 0 Å². The highest BCUT2D eigenvalue weighted by Crippen LogP contribution is 2.40. The second kappa shape index (κ2) is 4.10. The van der Waals surface area contributed by atoms with E-state index in [0.717, 1.165) is 12.8 Å². The molecule has 0 aromatic carbocycles. The number of allylic oxidation sites excluding steroid dienone is 2. The molecule has 0 amide bonds. The predicted octanol–water partition coefficient (Wildman–Crippen LogP) is 3.03. The Kier molecular flexibility index (Phi) is 3.32. The van der Waals surface area contributed by atoms with Gasteiger partial charge < -0.3 is 5.73 Å². The topological polar surface area (TPSA) is 26.0 Å². The van der Waals surface area contributed by atoms with Crippen LogP contribution in [0, 0.1) is 5.92 Å². The summed E-state index contributed by atoms with van der Waals surface area (Å²) in [6.45, 7) is 6.45. The van der Waals surface area contributed by atoms with Crippen LogP contribution in [-0.4, -0.2) is 5.54 Å². The number of hydrogen-bond donors (Lipinski definition) is 1. The number of hydrogen-bond acceptors (Lipinski definition) is 1. The van der Waals surface area contributed by atoms with E-state index in [1.165, 1.54) is 12.0 Å². The normalized spacial score (nSPS) is 33.2. The highest BCUT2D eigenvalue weighted by Gasteiger charge is 2.39. The second-order valence-electron chi connectivity index (χ2n) is 4.11. The lowest BCUT2D eigenvalue weighted by atomic mass is 9.66. The molecule has 2 N–H and O–H groups in total. The SMILES string of the molecule is C/C=C/CC1C(C)=CC1(N)CCC. The average Bonchev–Trinajstić information content (AvgIpc) is 2.05. The molecule has 0 aliphatic heterocycles. The predicted molar refractivity (Wildman–Crippen MR) is 58.5 cm³/mol. The van der Waals surface area contributed by atoms with Crippen LogP contribution in [-0.2, 0) is 0 Å². The van der Waals surface area contributed by atoms with E-state index < -0.39 is 0 Å². The maximum atomic E-state index is 6.28. The van der Waals surface area contributed by atoms with Crippen molar-refractivity contribution >= 4 is 0 Å². The molecule has 1 heteroatoms. The minimum absolute atomic E-state index is 0.00164. The zero-order valence-corrected chi connectivity index (χ0v) is 9.01. The van der Waals surface area contributed by atoms with Gasteiger partial charge in [-0.1, -0.05) is 37.1 Å². The Labute approximate surface area is 81.7 Å². The molecule has 0 saturated carbocycles. The van der Waals surface area contributed by atoms with E-state index >= 15 is 0 Å². The molecule has 0 radical (unpaired) electrons. The summed E-state index contributed by atoms with van der Waals surface area (Å²) in [6, 6.07) is 0. The van der Waals surface area contributed by atoms with Gasteiger partial charge in [0.15, 0.2) is 0 Å². The smallest absolute Gasteiger partial charge is 0.0410 e.